The molecule has 0 aliphatic carbocycles. The van der Waals surface area contributed by atoms with Crippen LogP contribution in [0, 0.1) is 0 Å². The predicted octanol–water partition coefficient (Wildman–Crippen LogP) is 3.26. The van der Waals surface area contributed by atoms with Crippen molar-refractivity contribution in [3.63, 3.8) is 0 Å². The van der Waals surface area contributed by atoms with Crippen molar-refractivity contribution in [1.82, 2.24) is 10.2 Å². The SMILES string of the molecule is CCCCN(C)C(=NCc1ccc(N2CC=CC2)cc1)NCC. The molecule has 2 rings (SSSR count). The van der Waals surface area contributed by atoms with E-state index in [1.807, 2.05) is 0 Å². The van der Waals surface area contributed by atoms with Crippen molar-refractivity contribution in [2.24, 2.45) is 4.99 Å². The van der Waals surface area contributed by atoms with E-state index in [1.165, 1.54) is 24.1 Å². The van der Waals surface area contributed by atoms with E-state index < -0.39 is 0 Å². The summed E-state index contributed by atoms with van der Waals surface area (Å²) < 4.78 is 0. The lowest BCUT2D eigenvalue weighted by Crippen LogP contribution is -2.39. The van der Waals surface area contributed by atoms with Crippen molar-refractivity contribution in [1.29, 1.82) is 0 Å². The van der Waals surface area contributed by atoms with Crippen molar-refractivity contribution in [3.05, 3.63) is 42.0 Å². The van der Waals surface area contributed by atoms with Gasteiger partial charge in [0.25, 0.3) is 0 Å². The number of aliphatic imine (C=N–C) groups is 1. The maximum Gasteiger partial charge on any atom is 0.193 e. The van der Waals surface area contributed by atoms with Crippen molar-refractivity contribution in [2.45, 2.75) is 33.2 Å². The van der Waals surface area contributed by atoms with Gasteiger partial charge in [0.2, 0.25) is 0 Å². The number of guanidine groups is 1. The van der Waals surface area contributed by atoms with Gasteiger partial charge in [0.05, 0.1) is 6.54 Å². The van der Waals surface area contributed by atoms with E-state index in [2.05, 4.69) is 72.4 Å². The third-order valence-electron chi connectivity index (χ3n) is 4.07. The summed E-state index contributed by atoms with van der Waals surface area (Å²) in [6.45, 7) is 9.03. The molecule has 1 aliphatic heterocycles. The average molecular weight is 314 g/mol. The largest absolute Gasteiger partial charge is 0.364 e. The molecule has 0 radical (unpaired) electrons. The highest BCUT2D eigenvalue weighted by Crippen LogP contribution is 2.18. The standard InChI is InChI=1S/C19H30N4/c1-4-6-13-22(3)19(20-5-2)21-16-17-9-11-18(12-10-17)23-14-7-8-15-23/h7-12H,4-6,13-16H2,1-3H3,(H,20,21). The van der Waals surface area contributed by atoms with E-state index in [0.29, 0.717) is 0 Å². The summed E-state index contributed by atoms with van der Waals surface area (Å²) in [4.78, 5) is 9.35. The van der Waals surface area contributed by atoms with Crippen LogP contribution in [0.4, 0.5) is 5.69 Å². The second kappa shape index (κ2) is 9.23. The number of rotatable bonds is 7. The van der Waals surface area contributed by atoms with Crippen LogP contribution < -0.4 is 10.2 Å². The molecular formula is C19H30N4. The van der Waals surface area contributed by atoms with Gasteiger partial charge in [-0.2, -0.15) is 0 Å². The summed E-state index contributed by atoms with van der Waals surface area (Å²) in [6, 6.07) is 8.77. The van der Waals surface area contributed by atoms with Crippen LogP contribution in [0.2, 0.25) is 0 Å². The molecule has 1 heterocycles. The summed E-state index contributed by atoms with van der Waals surface area (Å²) in [6.07, 6.45) is 6.83. The summed E-state index contributed by atoms with van der Waals surface area (Å²) in [5.74, 6) is 0.994. The van der Waals surface area contributed by atoms with Crippen molar-refractivity contribution >= 4 is 11.6 Å². The number of nitrogens with one attached hydrogen (secondary N) is 1. The molecule has 0 fully saturated rings. The van der Waals surface area contributed by atoms with Crippen LogP contribution in [0.15, 0.2) is 41.4 Å². The molecule has 0 amide bonds. The fourth-order valence-electron chi connectivity index (χ4n) is 2.64. The molecule has 0 atom stereocenters. The van der Waals surface area contributed by atoms with Crippen LogP contribution in [0.5, 0.6) is 0 Å². The molecular weight excluding hydrogens is 284 g/mol. The molecule has 0 saturated heterocycles. The van der Waals surface area contributed by atoms with E-state index in [-0.39, 0.29) is 0 Å². The Morgan fingerprint density at radius 2 is 1.87 bits per heavy atom. The Labute approximate surface area is 140 Å². The van der Waals surface area contributed by atoms with E-state index in [0.717, 1.165) is 38.7 Å². The zero-order chi connectivity index (χ0) is 16.5. The molecule has 1 aromatic carbocycles. The first-order chi connectivity index (χ1) is 11.2. The molecule has 0 aromatic heterocycles. The zero-order valence-corrected chi connectivity index (χ0v) is 14.8. The van der Waals surface area contributed by atoms with E-state index >= 15 is 0 Å². The first kappa shape index (κ1) is 17.4. The molecule has 1 N–H and O–H groups in total. The van der Waals surface area contributed by atoms with Crippen LogP contribution in [-0.2, 0) is 6.54 Å². The second-order valence-corrected chi connectivity index (χ2v) is 5.99. The average Bonchev–Trinajstić information content (AvgIpc) is 3.11. The number of hydrogen-bond donors (Lipinski definition) is 1. The van der Waals surface area contributed by atoms with Crippen molar-refractivity contribution < 1.29 is 0 Å². The summed E-state index contributed by atoms with van der Waals surface area (Å²) in [5.41, 5.74) is 2.54. The first-order valence-corrected chi connectivity index (χ1v) is 8.73. The van der Waals surface area contributed by atoms with Gasteiger partial charge >= 0.3 is 0 Å². The lowest BCUT2D eigenvalue weighted by atomic mass is 10.2. The van der Waals surface area contributed by atoms with Crippen molar-refractivity contribution in [2.75, 3.05) is 38.1 Å². The number of nitrogens with zero attached hydrogens (tertiary/aromatic N) is 3. The highest BCUT2D eigenvalue weighted by Gasteiger charge is 2.07. The fraction of sp³-hybridized carbons (Fsp3) is 0.526. The Bertz CT molecular complexity index is 511. The van der Waals surface area contributed by atoms with E-state index in [9.17, 15) is 0 Å². The Morgan fingerprint density at radius 3 is 2.48 bits per heavy atom. The highest BCUT2D eigenvalue weighted by atomic mass is 15.3. The topological polar surface area (TPSA) is 30.9 Å². The lowest BCUT2D eigenvalue weighted by Gasteiger charge is -2.22. The molecule has 0 bridgehead atoms. The van der Waals surface area contributed by atoms with Gasteiger partial charge in [-0.3, -0.25) is 0 Å². The van der Waals surface area contributed by atoms with Crippen LogP contribution in [0.3, 0.4) is 0 Å². The van der Waals surface area contributed by atoms with Gasteiger partial charge in [-0.05, 0) is 31.0 Å². The molecule has 1 aliphatic rings. The molecule has 126 valence electrons. The van der Waals surface area contributed by atoms with Gasteiger partial charge < -0.3 is 15.1 Å². The molecule has 0 unspecified atom stereocenters. The Hall–Kier alpha value is -1.97. The van der Waals surface area contributed by atoms with E-state index in [4.69, 9.17) is 4.99 Å². The Balaban J connectivity index is 1.95. The van der Waals surface area contributed by atoms with Crippen LogP contribution >= 0.6 is 0 Å². The number of hydrogen-bond acceptors (Lipinski definition) is 2. The number of benzene rings is 1. The highest BCUT2D eigenvalue weighted by molar-refractivity contribution is 5.79. The van der Waals surface area contributed by atoms with Gasteiger partial charge in [0, 0.05) is 38.9 Å². The molecule has 4 heteroatoms. The van der Waals surface area contributed by atoms with Gasteiger partial charge in [-0.1, -0.05) is 37.6 Å². The Morgan fingerprint density at radius 1 is 1.17 bits per heavy atom. The third-order valence-corrected chi connectivity index (χ3v) is 4.07. The minimum absolute atomic E-state index is 0.720. The van der Waals surface area contributed by atoms with Gasteiger partial charge in [0.1, 0.15) is 0 Å². The zero-order valence-electron chi connectivity index (χ0n) is 14.8. The predicted molar refractivity (Wildman–Crippen MR) is 100 cm³/mol. The number of anilines is 1. The summed E-state index contributed by atoms with van der Waals surface area (Å²) in [5, 5.41) is 3.38. The molecule has 23 heavy (non-hydrogen) atoms. The number of unbranched alkanes of at least 4 members (excludes halogenated alkanes) is 1. The quantitative estimate of drug-likeness (QED) is 0.476. The van der Waals surface area contributed by atoms with Crippen LogP contribution in [-0.4, -0.2) is 44.1 Å². The molecule has 0 saturated carbocycles. The normalized spacial score (nSPS) is 14.4. The molecule has 1 aromatic rings. The van der Waals surface area contributed by atoms with Gasteiger partial charge in [0.15, 0.2) is 5.96 Å². The molecule has 0 spiro atoms. The monoisotopic (exact) mass is 314 g/mol. The fourth-order valence-corrected chi connectivity index (χ4v) is 2.64. The minimum atomic E-state index is 0.720. The Kier molecular flexibility index (Phi) is 6.98. The maximum absolute atomic E-state index is 4.77. The summed E-state index contributed by atoms with van der Waals surface area (Å²) in [7, 11) is 2.11. The van der Waals surface area contributed by atoms with Crippen molar-refractivity contribution in [3.8, 4) is 0 Å². The molecule has 4 nitrogen and oxygen atoms in total. The minimum Gasteiger partial charge on any atom is -0.364 e. The van der Waals surface area contributed by atoms with Crippen LogP contribution in [0.1, 0.15) is 32.3 Å². The van der Waals surface area contributed by atoms with Crippen LogP contribution in [0.25, 0.3) is 0 Å². The third kappa shape index (κ3) is 5.31. The lowest BCUT2D eigenvalue weighted by molar-refractivity contribution is 0.465. The van der Waals surface area contributed by atoms with E-state index in [1.54, 1.807) is 0 Å². The first-order valence-electron chi connectivity index (χ1n) is 8.73. The summed E-state index contributed by atoms with van der Waals surface area (Å²) >= 11 is 0. The van der Waals surface area contributed by atoms with Gasteiger partial charge in [-0.15, -0.1) is 0 Å². The maximum atomic E-state index is 4.77. The second-order valence-electron chi connectivity index (χ2n) is 5.99. The van der Waals surface area contributed by atoms with Gasteiger partial charge in [-0.25, -0.2) is 4.99 Å². The smallest absolute Gasteiger partial charge is 0.193 e.